The van der Waals surface area contributed by atoms with E-state index in [2.05, 4.69) is 12.6 Å². The number of hydrogen-bond acceptors (Lipinski definition) is 4. The van der Waals surface area contributed by atoms with Crippen LogP contribution in [0, 0.1) is 0 Å². The maximum Gasteiger partial charge on any atom is 0.221 e. The van der Waals surface area contributed by atoms with E-state index in [-0.39, 0.29) is 5.91 Å². The molecule has 0 aromatic carbocycles. The van der Waals surface area contributed by atoms with Crippen LogP contribution in [-0.4, -0.2) is 36.4 Å². The number of carbonyl (C=O) groups is 1. The summed E-state index contributed by atoms with van der Waals surface area (Å²) in [5, 5.41) is 0. The molecule has 0 unspecified atom stereocenters. The van der Waals surface area contributed by atoms with E-state index < -0.39 is 0 Å². The summed E-state index contributed by atoms with van der Waals surface area (Å²) in [5.41, 5.74) is 6.46. The second kappa shape index (κ2) is 9.54. The molecule has 5 heteroatoms. The molecule has 0 saturated heterocycles. The van der Waals surface area contributed by atoms with Crippen LogP contribution in [0.3, 0.4) is 0 Å². The van der Waals surface area contributed by atoms with Crippen molar-refractivity contribution in [3.8, 4) is 0 Å². The van der Waals surface area contributed by atoms with Crippen molar-refractivity contribution in [2.24, 2.45) is 5.73 Å². The molecule has 16 heavy (non-hydrogen) atoms. The zero-order chi connectivity index (χ0) is 12.4. The lowest BCUT2D eigenvalue weighted by atomic mass is 10.3. The molecule has 0 radical (unpaired) electrons. The molecule has 0 saturated carbocycles. The third-order valence-electron chi connectivity index (χ3n) is 1.98. The smallest absolute Gasteiger partial charge is 0.221 e. The summed E-state index contributed by atoms with van der Waals surface area (Å²) in [4.78, 5) is 12.9. The van der Waals surface area contributed by atoms with Gasteiger partial charge in [0.05, 0.1) is 6.54 Å². The van der Waals surface area contributed by atoms with Gasteiger partial charge in [-0.1, -0.05) is 13.0 Å². The highest BCUT2D eigenvalue weighted by Gasteiger charge is 2.08. The summed E-state index contributed by atoms with van der Waals surface area (Å²) >= 11 is 4.08. The predicted molar refractivity (Wildman–Crippen MR) is 69.2 cm³/mol. The van der Waals surface area contributed by atoms with E-state index in [1.165, 1.54) is 6.92 Å². The molecular formula is C11H22N2O2S. The summed E-state index contributed by atoms with van der Waals surface area (Å²) in [5.74, 6) is 0.760. The van der Waals surface area contributed by atoms with Gasteiger partial charge < -0.3 is 15.4 Å². The molecule has 0 rings (SSSR count). The van der Waals surface area contributed by atoms with Gasteiger partial charge in [0.25, 0.3) is 0 Å². The van der Waals surface area contributed by atoms with Crippen molar-refractivity contribution in [1.82, 2.24) is 4.90 Å². The highest BCUT2D eigenvalue weighted by molar-refractivity contribution is 7.80. The largest absolute Gasteiger partial charge is 0.401 e. The van der Waals surface area contributed by atoms with Gasteiger partial charge in [-0.25, -0.2) is 0 Å². The Kier molecular flexibility index (Phi) is 9.13. The quantitative estimate of drug-likeness (QED) is 0.386. The third kappa shape index (κ3) is 7.59. The van der Waals surface area contributed by atoms with Crippen molar-refractivity contribution >= 4 is 18.5 Å². The molecule has 0 aromatic heterocycles. The predicted octanol–water partition coefficient (Wildman–Crippen LogP) is 1.38. The number of nitrogens with two attached hydrogens (primary N) is 1. The Morgan fingerprint density at radius 2 is 2.25 bits per heavy atom. The highest BCUT2D eigenvalue weighted by Crippen LogP contribution is 1.98. The SMILES string of the molecule is CC/C=C(\N)CN(COCCCS)C(C)=O. The number of amides is 1. The van der Waals surface area contributed by atoms with Crippen LogP contribution < -0.4 is 5.73 Å². The van der Waals surface area contributed by atoms with Gasteiger partial charge in [0.15, 0.2) is 0 Å². The van der Waals surface area contributed by atoms with E-state index in [4.69, 9.17) is 10.5 Å². The lowest BCUT2D eigenvalue weighted by molar-refractivity contribution is -0.133. The van der Waals surface area contributed by atoms with Crippen LogP contribution in [0.25, 0.3) is 0 Å². The maximum absolute atomic E-state index is 11.3. The first-order valence-electron chi connectivity index (χ1n) is 5.50. The number of thiol groups is 1. The molecular weight excluding hydrogens is 224 g/mol. The third-order valence-corrected chi connectivity index (χ3v) is 2.30. The van der Waals surface area contributed by atoms with Crippen LogP contribution in [0.2, 0.25) is 0 Å². The Bertz CT molecular complexity index is 232. The molecule has 0 atom stereocenters. The Morgan fingerprint density at radius 1 is 1.56 bits per heavy atom. The van der Waals surface area contributed by atoms with Crippen molar-refractivity contribution in [2.45, 2.75) is 26.7 Å². The first kappa shape index (κ1) is 15.3. The summed E-state index contributed by atoms with van der Waals surface area (Å²) in [6.07, 6.45) is 3.66. The topological polar surface area (TPSA) is 55.6 Å². The van der Waals surface area contributed by atoms with Gasteiger partial charge in [0.1, 0.15) is 6.73 Å². The van der Waals surface area contributed by atoms with E-state index in [1.54, 1.807) is 4.90 Å². The zero-order valence-electron chi connectivity index (χ0n) is 10.1. The Labute approximate surface area is 103 Å². The van der Waals surface area contributed by atoms with E-state index in [9.17, 15) is 4.79 Å². The summed E-state index contributed by atoms with van der Waals surface area (Å²) in [7, 11) is 0. The molecule has 0 bridgehead atoms. The normalized spacial score (nSPS) is 11.6. The molecule has 0 spiro atoms. The first-order chi connectivity index (χ1) is 7.61. The molecule has 0 aliphatic carbocycles. The molecule has 0 heterocycles. The van der Waals surface area contributed by atoms with Gasteiger partial charge in [-0.3, -0.25) is 4.79 Å². The number of ether oxygens (including phenoxy) is 1. The minimum Gasteiger partial charge on any atom is -0.401 e. The highest BCUT2D eigenvalue weighted by atomic mass is 32.1. The lowest BCUT2D eigenvalue weighted by Crippen LogP contribution is -2.34. The maximum atomic E-state index is 11.3. The van der Waals surface area contributed by atoms with Crippen LogP contribution >= 0.6 is 12.6 Å². The number of nitrogens with zero attached hydrogens (tertiary/aromatic N) is 1. The minimum atomic E-state index is -0.0293. The summed E-state index contributed by atoms with van der Waals surface area (Å²) in [6, 6.07) is 0. The van der Waals surface area contributed by atoms with Crippen molar-refractivity contribution in [1.29, 1.82) is 0 Å². The lowest BCUT2D eigenvalue weighted by Gasteiger charge is -2.21. The Morgan fingerprint density at radius 3 is 2.75 bits per heavy atom. The molecule has 0 aliphatic rings. The van der Waals surface area contributed by atoms with Crippen LogP contribution in [0.5, 0.6) is 0 Å². The Balaban J connectivity index is 3.98. The van der Waals surface area contributed by atoms with Gasteiger partial charge in [0.2, 0.25) is 5.91 Å². The van der Waals surface area contributed by atoms with Crippen LogP contribution in [0.15, 0.2) is 11.8 Å². The second-order valence-electron chi connectivity index (χ2n) is 3.52. The van der Waals surface area contributed by atoms with E-state index in [1.807, 2.05) is 13.0 Å². The average molecular weight is 246 g/mol. The van der Waals surface area contributed by atoms with Gasteiger partial charge in [0, 0.05) is 19.2 Å². The fourth-order valence-electron chi connectivity index (χ4n) is 1.14. The number of rotatable bonds is 8. The van der Waals surface area contributed by atoms with E-state index >= 15 is 0 Å². The molecule has 0 aromatic rings. The van der Waals surface area contributed by atoms with Crippen molar-refractivity contribution < 1.29 is 9.53 Å². The monoisotopic (exact) mass is 246 g/mol. The minimum absolute atomic E-state index is 0.0293. The fraction of sp³-hybridized carbons (Fsp3) is 0.727. The molecule has 4 nitrogen and oxygen atoms in total. The van der Waals surface area contributed by atoms with E-state index in [0.29, 0.717) is 25.6 Å². The van der Waals surface area contributed by atoms with Gasteiger partial charge in [-0.05, 0) is 18.6 Å². The second-order valence-corrected chi connectivity index (χ2v) is 3.97. The van der Waals surface area contributed by atoms with Crippen LogP contribution in [0.4, 0.5) is 0 Å². The fourth-order valence-corrected chi connectivity index (χ4v) is 1.27. The number of hydrogen-bond donors (Lipinski definition) is 2. The van der Waals surface area contributed by atoms with Crippen molar-refractivity contribution in [3.05, 3.63) is 11.8 Å². The molecule has 0 aliphatic heterocycles. The van der Waals surface area contributed by atoms with Gasteiger partial charge in [-0.15, -0.1) is 0 Å². The molecule has 2 N–H and O–H groups in total. The van der Waals surface area contributed by atoms with Crippen LogP contribution in [0.1, 0.15) is 26.7 Å². The average Bonchev–Trinajstić information content (AvgIpc) is 2.22. The first-order valence-corrected chi connectivity index (χ1v) is 6.13. The Hall–Kier alpha value is -0.680. The zero-order valence-corrected chi connectivity index (χ0v) is 11.0. The standard InChI is InChI=1S/C11H22N2O2S/c1-3-5-11(12)8-13(10(2)14)9-15-6-4-7-16/h5,16H,3-4,6-9,12H2,1-2H3/b11-5-. The summed E-state index contributed by atoms with van der Waals surface area (Å²) in [6.45, 7) is 4.87. The number of carbonyl (C=O) groups excluding carboxylic acids is 1. The molecule has 1 amide bonds. The molecule has 0 fully saturated rings. The van der Waals surface area contributed by atoms with E-state index in [0.717, 1.165) is 18.6 Å². The van der Waals surface area contributed by atoms with Crippen LogP contribution in [-0.2, 0) is 9.53 Å². The van der Waals surface area contributed by atoms with Crippen molar-refractivity contribution in [2.75, 3.05) is 25.6 Å². The van der Waals surface area contributed by atoms with Gasteiger partial charge >= 0.3 is 0 Å². The van der Waals surface area contributed by atoms with Gasteiger partial charge in [-0.2, -0.15) is 12.6 Å². The van der Waals surface area contributed by atoms with Crippen molar-refractivity contribution in [3.63, 3.8) is 0 Å². The molecule has 94 valence electrons. The summed E-state index contributed by atoms with van der Waals surface area (Å²) < 4.78 is 5.35. The number of allylic oxidation sites excluding steroid dienone is 1.